The topological polar surface area (TPSA) is 195 Å². The van der Waals surface area contributed by atoms with E-state index in [0.717, 1.165) is 26.0 Å². The van der Waals surface area contributed by atoms with E-state index in [1.165, 1.54) is 29.9 Å². The molecule has 19 heteroatoms. The molecule has 1 N–H and O–H groups in total. The van der Waals surface area contributed by atoms with Crippen molar-refractivity contribution in [3.05, 3.63) is 36.0 Å². The van der Waals surface area contributed by atoms with E-state index in [9.17, 15) is 41.9 Å². The van der Waals surface area contributed by atoms with Gasteiger partial charge in [0.2, 0.25) is 5.91 Å². The lowest BCUT2D eigenvalue weighted by molar-refractivity contribution is -0.274. The first-order valence-electron chi connectivity index (χ1n) is 15.2. The van der Waals surface area contributed by atoms with Crippen molar-refractivity contribution < 1.29 is 65.7 Å². The molecule has 266 valence electrons. The lowest BCUT2D eigenvalue weighted by Crippen LogP contribution is -2.66. The summed E-state index contributed by atoms with van der Waals surface area (Å²) in [5.74, 6) is -4.13. The van der Waals surface area contributed by atoms with Gasteiger partial charge >= 0.3 is 24.1 Å². The first-order valence-corrected chi connectivity index (χ1v) is 15.2. The molecule has 49 heavy (non-hydrogen) atoms. The zero-order valence-corrected chi connectivity index (χ0v) is 26.6. The van der Waals surface area contributed by atoms with Crippen LogP contribution < -0.4 is 5.32 Å². The number of nitrogens with one attached hydrogen (secondary N) is 1. The molecular weight excluding hydrogens is 663 g/mol. The minimum atomic E-state index is -4.58. The van der Waals surface area contributed by atoms with Crippen molar-refractivity contribution in [1.82, 2.24) is 25.4 Å². The fourth-order valence-electron chi connectivity index (χ4n) is 5.18. The van der Waals surface area contributed by atoms with Crippen molar-refractivity contribution in [3.8, 4) is 11.3 Å². The molecule has 0 aliphatic carbocycles. The predicted octanol–water partition coefficient (Wildman–Crippen LogP) is 1.85. The van der Waals surface area contributed by atoms with Gasteiger partial charge in [-0.2, -0.15) is 13.2 Å². The van der Waals surface area contributed by atoms with Gasteiger partial charge in [0.25, 0.3) is 11.8 Å². The average Bonchev–Trinajstić information content (AvgIpc) is 3.61. The maximum atomic E-state index is 13.3. The molecule has 1 aromatic heterocycles. The molecule has 16 nitrogen and oxygen atoms in total. The van der Waals surface area contributed by atoms with Crippen molar-refractivity contribution in [1.29, 1.82) is 0 Å². The number of esters is 2. The summed E-state index contributed by atoms with van der Waals surface area (Å²) >= 11 is 0. The Bertz CT molecular complexity index is 1550. The summed E-state index contributed by atoms with van der Waals surface area (Å²) in [5.41, 5.74) is -0.648. The average molecular weight is 698 g/mol. The number of unbranched alkanes of at least 4 members (excludes halogenated alkanes) is 1. The second-order valence-corrected chi connectivity index (χ2v) is 11.2. The molecule has 3 heterocycles. The Hall–Kier alpha value is -4.91. The van der Waals surface area contributed by atoms with Gasteiger partial charge in [-0.3, -0.25) is 24.0 Å². The van der Waals surface area contributed by atoms with Gasteiger partial charge in [0.05, 0.1) is 18.3 Å². The summed E-state index contributed by atoms with van der Waals surface area (Å²) in [5, 5.41) is 11.0. The molecular formula is C30H34F3N5O11. The fraction of sp³-hybridized carbons (Fsp3) is 0.533. The summed E-state index contributed by atoms with van der Waals surface area (Å²) in [6.07, 6.45) is -8.12. The highest BCUT2D eigenvalue weighted by Gasteiger charge is 2.51. The monoisotopic (exact) mass is 697 g/mol. The number of hydrogen-bond donors (Lipinski definition) is 1. The number of rotatable bonds is 13. The normalized spacial score (nSPS) is 22.5. The molecule has 2 unspecified atom stereocenters. The number of hydroxylamine groups is 2. The van der Waals surface area contributed by atoms with Crippen molar-refractivity contribution in [3.63, 3.8) is 0 Å². The highest BCUT2D eigenvalue weighted by atomic mass is 19.4. The van der Waals surface area contributed by atoms with Crippen LogP contribution in [0.25, 0.3) is 11.3 Å². The zero-order valence-electron chi connectivity index (χ0n) is 26.6. The zero-order chi connectivity index (χ0) is 35.9. The van der Waals surface area contributed by atoms with Gasteiger partial charge in [0.1, 0.15) is 17.8 Å². The van der Waals surface area contributed by atoms with Gasteiger partial charge in [-0.25, -0.2) is 9.48 Å². The Balaban J connectivity index is 1.49. The molecule has 2 aliphatic heterocycles. The summed E-state index contributed by atoms with van der Waals surface area (Å²) in [7, 11) is 0. The first-order chi connectivity index (χ1) is 23.1. The van der Waals surface area contributed by atoms with E-state index in [1.807, 2.05) is 0 Å². The molecule has 0 bridgehead atoms. The fourth-order valence-corrected chi connectivity index (χ4v) is 5.18. The van der Waals surface area contributed by atoms with Crippen LogP contribution in [0.1, 0.15) is 58.4 Å². The number of carbonyl (C=O) groups is 6. The molecule has 0 radical (unpaired) electrons. The molecule has 2 aliphatic rings. The lowest BCUT2D eigenvalue weighted by atomic mass is 9.95. The third-order valence-corrected chi connectivity index (χ3v) is 7.27. The van der Waals surface area contributed by atoms with Gasteiger partial charge in [-0.05, 0) is 25.0 Å². The minimum absolute atomic E-state index is 0.0433. The molecule has 1 aromatic carbocycles. The Kier molecular flexibility index (Phi) is 12.0. The number of halogens is 3. The summed E-state index contributed by atoms with van der Waals surface area (Å²) in [6, 6.07) is 3.29. The van der Waals surface area contributed by atoms with Gasteiger partial charge in [-0.15, -0.1) is 10.2 Å². The molecule has 3 amide bonds. The third kappa shape index (κ3) is 10.0. The van der Waals surface area contributed by atoms with Crippen LogP contribution in [0.5, 0.6) is 0 Å². The largest absolute Gasteiger partial charge is 0.456 e. The molecule has 0 spiro atoms. The maximum Gasteiger partial charge on any atom is 0.416 e. The van der Waals surface area contributed by atoms with Gasteiger partial charge < -0.3 is 29.1 Å². The van der Waals surface area contributed by atoms with Crippen LogP contribution in [-0.4, -0.2) is 92.9 Å². The molecule has 5 atom stereocenters. The third-order valence-electron chi connectivity index (χ3n) is 7.27. The van der Waals surface area contributed by atoms with E-state index in [-0.39, 0.29) is 56.5 Å². The molecule has 2 fully saturated rings. The molecule has 2 saturated heterocycles. The van der Waals surface area contributed by atoms with E-state index in [1.54, 1.807) is 0 Å². The Morgan fingerprint density at radius 3 is 2.31 bits per heavy atom. The number of hydrogen-bond acceptors (Lipinski definition) is 13. The standard InChI is InChI=1S/C30H34F3N5O11/c1-16(39)34-26-28(47-18(3)41)27(46-17(2)40)22(15-37-14-21(35-36-37)19-7-6-8-20(13-19)30(31,32)33)48-29(26)45-12-5-4-9-25(44)49-38-23(42)10-11-24(38)43/h6-8,13-14,22,26-29H,4-5,9-12,15H2,1-3H3,(H,34,39)/t22?,26-,27-,28?,29+/m0/s1. The highest BCUT2D eigenvalue weighted by Crippen LogP contribution is 2.32. The highest BCUT2D eigenvalue weighted by molar-refractivity contribution is 6.01. The summed E-state index contributed by atoms with van der Waals surface area (Å²) in [4.78, 5) is 76.8. The van der Waals surface area contributed by atoms with Crippen LogP contribution >= 0.6 is 0 Å². The smallest absolute Gasteiger partial charge is 0.416 e. The number of aromatic nitrogens is 3. The minimum Gasteiger partial charge on any atom is -0.456 e. The second-order valence-electron chi connectivity index (χ2n) is 11.2. The SMILES string of the molecule is CC(=O)N[C@H]1C(OC(C)=O)[C@@H](OC(C)=O)C(Cn2cc(-c3cccc(C(F)(F)F)c3)nn2)O[C@H]1OCCCCC(=O)ON1C(=O)CCC1=O. The van der Waals surface area contributed by atoms with E-state index in [0.29, 0.717) is 5.06 Å². The molecule has 2 aromatic rings. The van der Waals surface area contributed by atoms with E-state index >= 15 is 0 Å². The number of benzene rings is 1. The van der Waals surface area contributed by atoms with Crippen molar-refractivity contribution in [2.75, 3.05) is 6.61 Å². The van der Waals surface area contributed by atoms with E-state index in [4.69, 9.17) is 23.8 Å². The van der Waals surface area contributed by atoms with Crippen molar-refractivity contribution in [2.45, 2.75) is 96.2 Å². The number of carbonyl (C=O) groups excluding carboxylic acids is 6. The van der Waals surface area contributed by atoms with Gasteiger partial charge in [0.15, 0.2) is 18.5 Å². The van der Waals surface area contributed by atoms with E-state index in [2.05, 4.69) is 15.6 Å². The first kappa shape index (κ1) is 36.9. The summed E-state index contributed by atoms with van der Waals surface area (Å²) in [6.45, 7) is 3.14. The Morgan fingerprint density at radius 2 is 1.67 bits per heavy atom. The van der Waals surface area contributed by atoms with Crippen LogP contribution in [0.4, 0.5) is 13.2 Å². The van der Waals surface area contributed by atoms with Crippen molar-refractivity contribution >= 4 is 35.6 Å². The number of imide groups is 1. The summed E-state index contributed by atoms with van der Waals surface area (Å²) < 4.78 is 64.1. The molecule has 4 rings (SSSR count). The number of ether oxygens (including phenoxy) is 4. The lowest BCUT2D eigenvalue weighted by Gasteiger charge is -2.45. The number of alkyl halides is 3. The maximum absolute atomic E-state index is 13.3. The number of nitrogens with zero attached hydrogens (tertiary/aromatic N) is 4. The number of amides is 3. The van der Waals surface area contributed by atoms with Crippen LogP contribution in [0.3, 0.4) is 0 Å². The second kappa shape index (κ2) is 16.0. The van der Waals surface area contributed by atoms with E-state index < -0.39 is 78.0 Å². The quantitative estimate of drug-likeness (QED) is 0.181. The van der Waals surface area contributed by atoms with Crippen LogP contribution in [0.2, 0.25) is 0 Å². The Morgan fingerprint density at radius 1 is 1.00 bits per heavy atom. The van der Waals surface area contributed by atoms with Crippen LogP contribution in [-0.2, 0) is 65.3 Å². The van der Waals surface area contributed by atoms with Crippen molar-refractivity contribution in [2.24, 2.45) is 0 Å². The van der Waals surface area contributed by atoms with Gasteiger partial charge in [-0.1, -0.05) is 17.3 Å². The molecule has 0 saturated carbocycles. The Labute approximate surface area is 277 Å². The van der Waals surface area contributed by atoms with Gasteiger partial charge in [0, 0.05) is 52.2 Å². The van der Waals surface area contributed by atoms with Crippen LogP contribution in [0.15, 0.2) is 30.5 Å². The van der Waals surface area contributed by atoms with Crippen LogP contribution in [0, 0.1) is 0 Å². The predicted molar refractivity (Wildman–Crippen MR) is 155 cm³/mol.